The maximum absolute atomic E-state index is 10.7. The predicted octanol–water partition coefficient (Wildman–Crippen LogP) is 4.66. The number of hydrogen-bond donors (Lipinski definition) is 0. The second kappa shape index (κ2) is 9.94. The van der Waals surface area contributed by atoms with Gasteiger partial charge >= 0.3 is 0 Å². The lowest BCUT2D eigenvalue weighted by molar-refractivity contribution is -0.480. The minimum Gasteiger partial charge on any atom is -0.296 e. The first kappa shape index (κ1) is 19.1. The van der Waals surface area contributed by atoms with Gasteiger partial charge in [-0.25, -0.2) is 0 Å². The van der Waals surface area contributed by atoms with Crippen molar-refractivity contribution < 1.29 is 4.92 Å². The number of aryl methyl sites for hydroxylation is 1. The Bertz CT molecular complexity index is 658. The lowest BCUT2D eigenvalue weighted by Crippen LogP contribution is -2.33. The summed E-state index contributed by atoms with van der Waals surface area (Å²) < 4.78 is 0. The molecule has 0 bridgehead atoms. The molecule has 4 nitrogen and oxygen atoms in total. The van der Waals surface area contributed by atoms with E-state index < -0.39 is 0 Å². The van der Waals surface area contributed by atoms with Gasteiger partial charge in [0.2, 0.25) is 6.54 Å². The van der Waals surface area contributed by atoms with Crippen molar-refractivity contribution in [2.75, 3.05) is 19.6 Å². The lowest BCUT2D eigenvalue weighted by atomic mass is 9.97. The summed E-state index contributed by atoms with van der Waals surface area (Å²) >= 11 is 0. The fourth-order valence-electron chi connectivity index (χ4n) is 3.38. The van der Waals surface area contributed by atoms with Gasteiger partial charge in [0.05, 0.1) is 0 Å². The average Bonchev–Trinajstić information content (AvgIpc) is 2.62. The molecule has 2 aromatic rings. The van der Waals surface area contributed by atoms with Gasteiger partial charge in [0, 0.05) is 30.5 Å². The van der Waals surface area contributed by atoms with E-state index in [1.165, 1.54) is 16.7 Å². The van der Waals surface area contributed by atoms with E-state index in [1.807, 2.05) is 6.07 Å². The van der Waals surface area contributed by atoms with Gasteiger partial charge < -0.3 is 0 Å². The Kier molecular flexibility index (Phi) is 7.61. The van der Waals surface area contributed by atoms with Crippen molar-refractivity contribution in [1.82, 2.24) is 4.90 Å². The summed E-state index contributed by atoms with van der Waals surface area (Å²) in [6.45, 7) is 6.03. The van der Waals surface area contributed by atoms with Crippen LogP contribution in [0.1, 0.15) is 42.5 Å². The fraction of sp³-hybridized carbons (Fsp3) is 0.429. The third kappa shape index (κ3) is 5.98. The van der Waals surface area contributed by atoms with E-state index >= 15 is 0 Å². The molecular formula is C21H28N2O2. The second-order valence-electron chi connectivity index (χ2n) is 6.46. The monoisotopic (exact) mass is 340 g/mol. The molecule has 2 aromatic carbocycles. The van der Waals surface area contributed by atoms with E-state index in [1.54, 1.807) is 0 Å². The molecule has 0 heterocycles. The van der Waals surface area contributed by atoms with Crippen molar-refractivity contribution in [3.05, 3.63) is 81.4 Å². The molecule has 2 rings (SSSR count). The lowest BCUT2D eigenvalue weighted by Gasteiger charge is -2.32. The zero-order valence-corrected chi connectivity index (χ0v) is 15.2. The van der Waals surface area contributed by atoms with Crippen LogP contribution in [0.3, 0.4) is 0 Å². The minimum atomic E-state index is -0.218. The van der Waals surface area contributed by atoms with Gasteiger partial charge in [0.15, 0.2) is 0 Å². The van der Waals surface area contributed by atoms with Gasteiger partial charge in [0.1, 0.15) is 0 Å². The maximum atomic E-state index is 10.7. The molecule has 25 heavy (non-hydrogen) atoms. The highest BCUT2D eigenvalue weighted by molar-refractivity contribution is 5.29. The number of benzene rings is 2. The van der Waals surface area contributed by atoms with Gasteiger partial charge in [-0.2, -0.15) is 0 Å². The molecule has 0 N–H and O–H groups in total. The summed E-state index contributed by atoms with van der Waals surface area (Å²) in [4.78, 5) is 12.9. The predicted molar refractivity (Wildman–Crippen MR) is 102 cm³/mol. The Labute approximate surface area is 150 Å². The molecular weight excluding hydrogens is 312 g/mol. The number of nitrogens with zero attached hydrogens (tertiary/aromatic N) is 2. The summed E-state index contributed by atoms with van der Waals surface area (Å²) in [6.07, 6.45) is 2.55. The van der Waals surface area contributed by atoms with Crippen molar-refractivity contribution >= 4 is 0 Å². The molecule has 4 heteroatoms. The normalized spacial score (nSPS) is 12.3. The third-order valence-electron chi connectivity index (χ3n) is 4.69. The van der Waals surface area contributed by atoms with E-state index in [0.717, 1.165) is 25.9 Å². The maximum Gasteiger partial charge on any atom is 0.205 e. The fourth-order valence-corrected chi connectivity index (χ4v) is 3.38. The van der Waals surface area contributed by atoms with Crippen LogP contribution >= 0.6 is 0 Å². The van der Waals surface area contributed by atoms with Crippen molar-refractivity contribution in [3.63, 3.8) is 0 Å². The first-order valence-electron chi connectivity index (χ1n) is 9.07. The van der Waals surface area contributed by atoms with Crippen LogP contribution in [0.25, 0.3) is 0 Å². The van der Waals surface area contributed by atoms with Gasteiger partial charge in [-0.15, -0.1) is 0 Å². The summed E-state index contributed by atoms with van der Waals surface area (Å²) in [5.41, 5.74) is 3.92. The zero-order chi connectivity index (χ0) is 18.1. The van der Waals surface area contributed by atoms with Crippen LogP contribution in [-0.4, -0.2) is 29.5 Å². The zero-order valence-electron chi connectivity index (χ0n) is 15.2. The molecule has 0 fully saturated rings. The van der Waals surface area contributed by atoms with Gasteiger partial charge in [-0.3, -0.25) is 15.0 Å². The molecule has 0 aliphatic carbocycles. The van der Waals surface area contributed by atoms with Crippen LogP contribution in [0, 0.1) is 17.0 Å². The molecule has 134 valence electrons. The molecule has 1 atom stereocenters. The highest BCUT2D eigenvalue weighted by atomic mass is 16.6. The standard InChI is InChI=1S/C21H28N2O2/c1-3-21(20-13-8-7-10-18(20)2)22(15-9-16-23(24)25)17-14-19-11-5-4-6-12-19/h4-8,10-13,21H,3,9,14-17H2,1-2H3. The first-order chi connectivity index (χ1) is 12.1. The summed E-state index contributed by atoms with van der Waals surface area (Å²) in [5.74, 6) is 0. The van der Waals surface area contributed by atoms with Crippen molar-refractivity contribution in [2.45, 2.75) is 39.2 Å². The largest absolute Gasteiger partial charge is 0.296 e. The second-order valence-corrected chi connectivity index (χ2v) is 6.46. The van der Waals surface area contributed by atoms with Crippen LogP contribution in [0.15, 0.2) is 54.6 Å². The van der Waals surface area contributed by atoms with Gasteiger partial charge in [-0.1, -0.05) is 61.5 Å². The number of nitro groups is 1. The Hall–Kier alpha value is -2.20. The molecule has 0 amide bonds. The van der Waals surface area contributed by atoms with E-state index in [4.69, 9.17) is 0 Å². The summed E-state index contributed by atoms with van der Waals surface area (Å²) in [5, 5.41) is 10.7. The number of rotatable bonds is 10. The quantitative estimate of drug-likeness (QED) is 0.467. The Balaban J connectivity index is 2.13. The average molecular weight is 340 g/mol. The van der Waals surface area contributed by atoms with Crippen LogP contribution in [-0.2, 0) is 6.42 Å². The molecule has 0 aliphatic heterocycles. The first-order valence-corrected chi connectivity index (χ1v) is 9.07. The van der Waals surface area contributed by atoms with E-state index in [-0.39, 0.29) is 11.5 Å². The molecule has 1 unspecified atom stereocenters. The molecule has 0 aromatic heterocycles. The summed E-state index contributed by atoms with van der Waals surface area (Å²) in [7, 11) is 0. The Morgan fingerprint density at radius 3 is 2.36 bits per heavy atom. The highest BCUT2D eigenvalue weighted by Gasteiger charge is 2.20. The molecule has 0 saturated heterocycles. The molecule has 0 spiro atoms. The van der Waals surface area contributed by atoms with Crippen LogP contribution in [0.5, 0.6) is 0 Å². The Morgan fingerprint density at radius 1 is 1.04 bits per heavy atom. The minimum absolute atomic E-state index is 0.0338. The van der Waals surface area contributed by atoms with Crippen LogP contribution < -0.4 is 0 Å². The molecule has 0 aliphatic rings. The smallest absolute Gasteiger partial charge is 0.205 e. The van der Waals surface area contributed by atoms with Crippen LogP contribution in [0.4, 0.5) is 0 Å². The van der Waals surface area contributed by atoms with E-state index in [9.17, 15) is 10.1 Å². The van der Waals surface area contributed by atoms with Crippen LogP contribution in [0.2, 0.25) is 0 Å². The van der Waals surface area contributed by atoms with Gasteiger partial charge in [0.25, 0.3) is 0 Å². The summed E-state index contributed by atoms with van der Waals surface area (Å²) in [6, 6.07) is 19.2. The topological polar surface area (TPSA) is 46.4 Å². The molecule has 0 radical (unpaired) electrons. The Morgan fingerprint density at radius 2 is 1.72 bits per heavy atom. The highest BCUT2D eigenvalue weighted by Crippen LogP contribution is 2.27. The van der Waals surface area contributed by atoms with Crippen molar-refractivity contribution in [1.29, 1.82) is 0 Å². The third-order valence-corrected chi connectivity index (χ3v) is 4.69. The van der Waals surface area contributed by atoms with E-state index in [2.05, 4.69) is 67.3 Å². The van der Waals surface area contributed by atoms with Gasteiger partial charge in [-0.05, 0) is 36.5 Å². The van der Waals surface area contributed by atoms with Crippen molar-refractivity contribution in [3.8, 4) is 0 Å². The molecule has 0 saturated carbocycles. The SMILES string of the molecule is CCC(c1ccccc1C)N(CCC[N+](=O)[O-])CCc1ccccc1. The van der Waals surface area contributed by atoms with Crippen molar-refractivity contribution in [2.24, 2.45) is 0 Å². The van der Waals surface area contributed by atoms with E-state index in [0.29, 0.717) is 12.5 Å². The number of hydrogen-bond acceptors (Lipinski definition) is 3.